The number of halogens is 3. The summed E-state index contributed by atoms with van der Waals surface area (Å²) in [5.74, 6) is -0.103. The monoisotopic (exact) mass is 361 g/mol. The number of hydrogen-bond acceptors (Lipinski definition) is 3. The first-order valence-electron chi connectivity index (χ1n) is 7.35. The fourth-order valence-corrected chi connectivity index (χ4v) is 4.26. The molecule has 0 radical (unpaired) electrons. The van der Waals surface area contributed by atoms with Gasteiger partial charge in [0.1, 0.15) is 0 Å². The molecule has 1 spiro atoms. The molecule has 2 saturated heterocycles. The van der Waals surface area contributed by atoms with Crippen molar-refractivity contribution in [2.24, 2.45) is 5.41 Å². The second-order valence-corrected chi connectivity index (χ2v) is 7.43. The van der Waals surface area contributed by atoms with Crippen molar-refractivity contribution in [1.29, 1.82) is 0 Å². The van der Waals surface area contributed by atoms with E-state index in [0.717, 1.165) is 32.6 Å². The van der Waals surface area contributed by atoms with Gasteiger partial charge in [0, 0.05) is 18.1 Å². The summed E-state index contributed by atoms with van der Waals surface area (Å²) in [6.45, 7) is 4.42. The van der Waals surface area contributed by atoms with Crippen LogP contribution in [0.1, 0.15) is 12.8 Å². The molecule has 4 nitrogen and oxygen atoms in total. The molecule has 0 bridgehead atoms. The van der Waals surface area contributed by atoms with E-state index in [4.69, 9.17) is 34.8 Å². The van der Waals surface area contributed by atoms with Crippen LogP contribution in [0.15, 0.2) is 12.1 Å². The minimum Gasteiger partial charge on any atom is -0.322 e. The zero-order valence-corrected chi connectivity index (χ0v) is 14.4. The minimum absolute atomic E-state index is 0.103. The Morgan fingerprint density at radius 2 is 2.00 bits per heavy atom. The van der Waals surface area contributed by atoms with Crippen molar-refractivity contribution in [3.05, 3.63) is 27.2 Å². The summed E-state index contributed by atoms with van der Waals surface area (Å²) in [5.41, 5.74) is 0.782. The van der Waals surface area contributed by atoms with Gasteiger partial charge in [0.25, 0.3) is 0 Å². The van der Waals surface area contributed by atoms with Crippen LogP contribution < -0.4 is 10.6 Å². The summed E-state index contributed by atoms with van der Waals surface area (Å²) in [4.78, 5) is 14.4. The quantitative estimate of drug-likeness (QED) is 0.867. The Morgan fingerprint density at radius 1 is 1.27 bits per heavy atom. The normalized spacial score (nSPS) is 25.0. The predicted octanol–water partition coefficient (Wildman–Crippen LogP) is 3.27. The van der Waals surface area contributed by atoms with Crippen molar-refractivity contribution in [2.75, 3.05) is 38.0 Å². The van der Waals surface area contributed by atoms with Crippen LogP contribution in [0.4, 0.5) is 5.69 Å². The molecule has 2 heterocycles. The molecule has 2 N–H and O–H groups in total. The standard InChI is InChI=1S/C15H18Cl3N3O/c16-10-5-11(17)14(12(18)6-10)20-13(22)7-21-4-2-15(9-21)1-3-19-8-15/h5-6,19H,1-4,7-9H2,(H,20,22). The predicted molar refractivity (Wildman–Crippen MR) is 91.1 cm³/mol. The number of likely N-dealkylation sites (tertiary alicyclic amines) is 1. The first-order chi connectivity index (χ1) is 10.5. The van der Waals surface area contributed by atoms with Gasteiger partial charge >= 0.3 is 0 Å². The second kappa shape index (κ2) is 6.54. The van der Waals surface area contributed by atoms with Gasteiger partial charge in [0.2, 0.25) is 5.91 Å². The van der Waals surface area contributed by atoms with Gasteiger partial charge in [-0.15, -0.1) is 0 Å². The smallest absolute Gasteiger partial charge is 0.238 e. The Kier molecular flexibility index (Phi) is 4.86. The van der Waals surface area contributed by atoms with Crippen LogP contribution in [0.2, 0.25) is 15.1 Å². The summed E-state index contributed by atoms with van der Waals surface area (Å²) < 4.78 is 0. The highest BCUT2D eigenvalue weighted by molar-refractivity contribution is 6.42. The van der Waals surface area contributed by atoms with Crippen LogP contribution in [0.25, 0.3) is 0 Å². The third-order valence-corrected chi connectivity index (χ3v) is 5.30. The molecule has 0 aromatic heterocycles. The minimum atomic E-state index is -0.103. The Morgan fingerprint density at radius 3 is 2.64 bits per heavy atom. The molecular weight excluding hydrogens is 345 g/mol. The summed E-state index contributed by atoms with van der Waals surface area (Å²) in [7, 11) is 0. The number of benzene rings is 1. The third-order valence-electron chi connectivity index (χ3n) is 4.49. The van der Waals surface area contributed by atoms with E-state index in [0.29, 0.717) is 32.7 Å². The van der Waals surface area contributed by atoms with E-state index in [1.54, 1.807) is 12.1 Å². The van der Waals surface area contributed by atoms with Crippen LogP contribution in [0.3, 0.4) is 0 Å². The van der Waals surface area contributed by atoms with Gasteiger partial charge in [0.15, 0.2) is 0 Å². The van der Waals surface area contributed by atoms with Crippen LogP contribution in [0, 0.1) is 5.41 Å². The van der Waals surface area contributed by atoms with Crippen LogP contribution in [0.5, 0.6) is 0 Å². The first kappa shape index (κ1) is 16.3. The zero-order chi connectivity index (χ0) is 15.7. The molecule has 1 atom stereocenters. The largest absolute Gasteiger partial charge is 0.322 e. The Bertz CT molecular complexity index is 564. The van der Waals surface area contributed by atoms with E-state index in [1.807, 2.05) is 0 Å². The Hall–Kier alpha value is -0.520. The highest BCUT2D eigenvalue weighted by Crippen LogP contribution is 2.36. The molecule has 1 unspecified atom stereocenters. The summed E-state index contributed by atoms with van der Waals surface area (Å²) >= 11 is 18.0. The lowest BCUT2D eigenvalue weighted by Crippen LogP contribution is -2.34. The Balaban J connectivity index is 1.59. The van der Waals surface area contributed by atoms with Gasteiger partial charge in [-0.05, 0) is 43.5 Å². The van der Waals surface area contributed by atoms with Crippen molar-refractivity contribution < 1.29 is 4.79 Å². The molecule has 2 aliphatic heterocycles. The molecule has 2 fully saturated rings. The molecule has 2 aliphatic rings. The van der Waals surface area contributed by atoms with Crippen molar-refractivity contribution in [3.63, 3.8) is 0 Å². The first-order valence-corrected chi connectivity index (χ1v) is 8.48. The van der Waals surface area contributed by atoms with Gasteiger partial charge in [0.05, 0.1) is 22.3 Å². The fourth-order valence-electron chi connectivity index (χ4n) is 3.35. The molecule has 1 aromatic rings. The fraction of sp³-hybridized carbons (Fsp3) is 0.533. The summed E-state index contributed by atoms with van der Waals surface area (Å²) in [6.07, 6.45) is 2.34. The van der Waals surface area contributed by atoms with E-state index < -0.39 is 0 Å². The zero-order valence-electron chi connectivity index (χ0n) is 12.1. The van der Waals surface area contributed by atoms with Crippen LogP contribution >= 0.6 is 34.8 Å². The summed E-state index contributed by atoms with van der Waals surface area (Å²) in [5, 5.41) is 7.36. The van der Waals surface area contributed by atoms with Gasteiger partial charge in [-0.2, -0.15) is 0 Å². The van der Waals surface area contributed by atoms with Gasteiger partial charge < -0.3 is 10.6 Å². The highest BCUT2D eigenvalue weighted by atomic mass is 35.5. The Labute approximate surface area is 145 Å². The molecule has 0 saturated carbocycles. The number of anilines is 1. The maximum absolute atomic E-state index is 12.2. The average Bonchev–Trinajstić information content (AvgIpc) is 3.05. The van der Waals surface area contributed by atoms with E-state index >= 15 is 0 Å². The topological polar surface area (TPSA) is 44.4 Å². The highest BCUT2D eigenvalue weighted by Gasteiger charge is 2.40. The van der Waals surface area contributed by atoms with Crippen molar-refractivity contribution in [1.82, 2.24) is 10.2 Å². The number of carbonyl (C=O) groups is 1. The second-order valence-electron chi connectivity index (χ2n) is 6.18. The van der Waals surface area contributed by atoms with Crippen molar-refractivity contribution >= 4 is 46.4 Å². The molecule has 7 heteroatoms. The number of amides is 1. The molecule has 1 aromatic carbocycles. The number of nitrogens with zero attached hydrogens (tertiary/aromatic N) is 1. The molecule has 0 aliphatic carbocycles. The molecular formula is C15H18Cl3N3O. The van der Waals surface area contributed by atoms with E-state index in [9.17, 15) is 4.79 Å². The van der Waals surface area contributed by atoms with Gasteiger partial charge in [-0.25, -0.2) is 0 Å². The van der Waals surface area contributed by atoms with Crippen LogP contribution in [-0.2, 0) is 4.79 Å². The maximum atomic E-state index is 12.2. The molecule has 3 rings (SSSR count). The lowest BCUT2D eigenvalue weighted by atomic mass is 9.87. The van der Waals surface area contributed by atoms with Crippen LogP contribution in [-0.4, -0.2) is 43.5 Å². The molecule has 120 valence electrons. The third kappa shape index (κ3) is 3.52. The van der Waals surface area contributed by atoms with Gasteiger partial charge in [-0.1, -0.05) is 34.8 Å². The SMILES string of the molecule is O=C(CN1CCC2(CCNC2)C1)Nc1c(Cl)cc(Cl)cc1Cl. The number of carbonyl (C=O) groups excluding carboxylic acids is 1. The summed E-state index contributed by atoms with van der Waals surface area (Å²) in [6, 6.07) is 3.14. The van der Waals surface area contributed by atoms with Crippen molar-refractivity contribution in [3.8, 4) is 0 Å². The number of hydrogen-bond donors (Lipinski definition) is 2. The number of nitrogens with one attached hydrogen (secondary N) is 2. The average molecular weight is 363 g/mol. The van der Waals surface area contributed by atoms with Gasteiger partial charge in [-0.3, -0.25) is 9.69 Å². The van der Waals surface area contributed by atoms with E-state index in [-0.39, 0.29) is 5.91 Å². The van der Waals surface area contributed by atoms with E-state index in [1.165, 1.54) is 6.42 Å². The molecule has 1 amide bonds. The lowest BCUT2D eigenvalue weighted by Gasteiger charge is -2.22. The number of rotatable bonds is 3. The lowest BCUT2D eigenvalue weighted by molar-refractivity contribution is -0.117. The van der Waals surface area contributed by atoms with E-state index in [2.05, 4.69) is 15.5 Å². The van der Waals surface area contributed by atoms with Crippen molar-refractivity contribution in [2.45, 2.75) is 12.8 Å². The maximum Gasteiger partial charge on any atom is 0.238 e. The molecule has 22 heavy (non-hydrogen) atoms.